The van der Waals surface area contributed by atoms with Crippen LogP contribution >= 0.6 is 0 Å². The second-order valence-corrected chi connectivity index (χ2v) is 3.33. The highest BCUT2D eigenvalue weighted by atomic mass is 16.4. The van der Waals surface area contributed by atoms with E-state index in [4.69, 9.17) is 10.8 Å². The fraction of sp³-hybridized carbons (Fsp3) is 0.500. The lowest BCUT2D eigenvalue weighted by molar-refractivity contribution is 0.0684. The minimum absolute atomic E-state index is 0.139. The standard InChI is InChI=1S/C8H11N3O2/c1-4-6(9)7(8(12)13)11(10-4)5-2-3-5/h5H,2-3,9H2,1H3,(H,12,13). The summed E-state index contributed by atoms with van der Waals surface area (Å²) in [7, 11) is 0. The Hall–Kier alpha value is -1.52. The quantitative estimate of drug-likeness (QED) is 0.707. The fourth-order valence-electron chi connectivity index (χ4n) is 1.36. The van der Waals surface area contributed by atoms with Crippen molar-refractivity contribution in [3.8, 4) is 0 Å². The highest BCUT2D eigenvalue weighted by molar-refractivity contribution is 5.92. The minimum Gasteiger partial charge on any atom is -0.476 e. The first kappa shape index (κ1) is 8.10. The number of anilines is 1. The molecule has 0 saturated heterocycles. The van der Waals surface area contributed by atoms with Crippen LogP contribution in [0.4, 0.5) is 5.69 Å². The average Bonchev–Trinajstić information content (AvgIpc) is 2.80. The number of aromatic carboxylic acids is 1. The Morgan fingerprint density at radius 2 is 2.31 bits per heavy atom. The van der Waals surface area contributed by atoms with Crippen LogP contribution in [0, 0.1) is 6.92 Å². The summed E-state index contributed by atoms with van der Waals surface area (Å²) < 4.78 is 1.53. The van der Waals surface area contributed by atoms with E-state index in [9.17, 15) is 4.79 Å². The third-order valence-corrected chi connectivity index (χ3v) is 2.23. The lowest BCUT2D eigenvalue weighted by Gasteiger charge is -2.00. The van der Waals surface area contributed by atoms with Crippen LogP contribution in [0.5, 0.6) is 0 Å². The summed E-state index contributed by atoms with van der Waals surface area (Å²) in [6, 6.07) is 0.252. The Morgan fingerprint density at radius 3 is 2.77 bits per heavy atom. The van der Waals surface area contributed by atoms with Crippen molar-refractivity contribution in [3.05, 3.63) is 11.4 Å². The van der Waals surface area contributed by atoms with E-state index < -0.39 is 5.97 Å². The van der Waals surface area contributed by atoms with Gasteiger partial charge in [-0.1, -0.05) is 0 Å². The van der Waals surface area contributed by atoms with Crippen LogP contribution in [0.2, 0.25) is 0 Å². The second-order valence-electron chi connectivity index (χ2n) is 3.33. The van der Waals surface area contributed by atoms with Crippen LogP contribution in [-0.4, -0.2) is 20.9 Å². The van der Waals surface area contributed by atoms with Gasteiger partial charge in [0.25, 0.3) is 0 Å². The molecule has 1 saturated carbocycles. The van der Waals surface area contributed by atoms with Crippen molar-refractivity contribution in [1.82, 2.24) is 9.78 Å². The molecule has 70 valence electrons. The number of nitrogen functional groups attached to an aromatic ring is 1. The molecule has 1 heterocycles. The van der Waals surface area contributed by atoms with Crippen LogP contribution in [0.3, 0.4) is 0 Å². The molecule has 3 N–H and O–H groups in total. The Labute approximate surface area is 75.2 Å². The molecule has 0 bridgehead atoms. The number of nitrogens with two attached hydrogens (primary N) is 1. The molecule has 5 heteroatoms. The first-order valence-electron chi connectivity index (χ1n) is 4.19. The predicted octanol–water partition coefficient (Wildman–Crippen LogP) is 0.807. The van der Waals surface area contributed by atoms with E-state index in [1.54, 1.807) is 6.92 Å². The van der Waals surface area contributed by atoms with E-state index in [2.05, 4.69) is 5.10 Å². The highest BCUT2D eigenvalue weighted by Crippen LogP contribution is 2.37. The maximum absolute atomic E-state index is 10.8. The SMILES string of the molecule is Cc1nn(C2CC2)c(C(=O)O)c1N. The van der Waals surface area contributed by atoms with Gasteiger partial charge in [0, 0.05) is 0 Å². The molecule has 0 unspecified atom stereocenters. The third kappa shape index (κ3) is 1.16. The van der Waals surface area contributed by atoms with Crippen LogP contribution in [0.1, 0.15) is 35.1 Å². The molecular weight excluding hydrogens is 170 g/mol. The summed E-state index contributed by atoms with van der Waals surface area (Å²) in [5.41, 5.74) is 6.64. The Bertz CT molecular complexity index is 366. The monoisotopic (exact) mass is 181 g/mol. The van der Waals surface area contributed by atoms with E-state index in [1.807, 2.05) is 0 Å². The van der Waals surface area contributed by atoms with Crippen LogP contribution in [0.25, 0.3) is 0 Å². The Kier molecular flexibility index (Phi) is 1.55. The fourth-order valence-corrected chi connectivity index (χ4v) is 1.36. The first-order valence-corrected chi connectivity index (χ1v) is 4.19. The van der Waals surface area contributed by atoms with Crippen LogP contribution in [-0.2, 0) is 0 Å². The zero-order valence-electron chi connectivity index (χ0n) is 7.32. The van der Waals surface area contributed by atoms with Gasteiger partial charge in [0.05, 0.1) is 17.4 Å². The predicted molar refractivity (Wildman–Crippen MR) is 46.6 cm³/mol. The molecule has 1 aliphatic rings. The molecule has 0 radical (unpaired) electrons. The Balaban J connectivity index is 2.54. The van der Waals surface area contributed by atoms with E-state index in [0.717, 1.165) is 12.8 Å². The average molecular weight is 181 g/mol. The van der Waals surface area contributed by atoms with Gasteiger partial charge >= 0.3 is 5.97 Å². The number of aryl methyl sites for hydroxylation is 1. The third-order valence-electron chi connectivity index (χ3n) is 2.23. The number of carboxylic acids is 1. The molecule has 0 amide bonds. The molecular formula is C8H11N3O2. The largest absolute Gasteiger partial charge is 0.476 e. The van der Waals surface area contributed by atoms with Gasteiger partial charge in [-0.25, -0.2) is 4.79 Å². The molecule has 1 aliphatic carbocycles. The molecule has 1 aromatic rings. The van der Waals surface area contributed by atoms with Gasteiger partial charge in [-0.05, 0) is 19.8 Å². The smallest absolute Gasteiger partial charge is 0.356 e. The van der Waals surface area contributed by atoms with E-state index in [0.29, 0.717) is 11.4 Å². The topological polar surface area (TPSA) is 81.1 Å². The van der Waals surface area contributed by atoms with Gasteiger partial charge in [-0.2, -0.15) is 5.10 Å². The van der Waals surface area contributed by atoms with Crippen molar-refractivity contribution < 1.29 is 9.90 Å². The molecule has 2 rings (SSSR count). The van der Waals surface area contributed by atoms with Crippen molar-refractivity contribution in [2.45, 2.75) is 25.8 Å². The van der Waals surface area contributed by atoms with Crippen molar-refractivity contribution in [2.75, 3.05) is 5.73 Å². The zero-order chi connectivity index (χ0) is 9.59. The van der Waals surface area contributed by atoms with Crippen molar-refractivity contribution in [1.29, 1.82) is 0 Å². The van der Waals surface area contributed by atoms with E-state index in [-0.39, 0.29) is 11.7 Å². The number of aromatic nitrogens is 2. The van der Waals surface area contributed by atoms with E-state index in [1.165, 1.54) is 4.68 Å². The molecule has 0 aromatic carbocycles. The molecule has 13 heavy (non-hydrogen) atoms. The molecule has 5 nitrogen and oxygen atoms in total. The van der Waals surface area contributed by atoms with Crippen LogP contribution in [0.15, 0.2) is 0 Å². The van der Waals surface area contributed by atoms with Crippen LogP contribution < -0.4 is 5.73 Å². The summed E-state index contributed by atoms with van der Waals surface area (Å²) >= 11 is 0. The maximum atomic E-state index is 10.8. The Morgan fingerprint density at radius 1 is 1.69 bits per heavy atom. The van der Waals surface area contributed by atoms with Crippen molar-refractivity contribution >= 4 is 11.7 Å². The number of rotatable bonds is 2. The number of carbonyl (C=O) groups is 1. The molecule has 1 aromatic heterocycles. The highest BCUT2D eigenvalue weighted by Gasteiger charge is 2.31. The summed E-state index contributed by atoms with van der Waals surface area (Å²) in [5.74, 6) is -0.995. The molecule has 0 atom stereocenters. The number of nitrogens with zero attached hydrogens (tertiary/aromatic N) is 2. The summed E-state index contributed by atoms with van der Waals surface area (Å²) in [4.78, 5) is 10.8. The number of hydrogen-bond acceptors (Lipinski definition) is 3. The van der Waals surface area contributed by atoms with Gasteiger partial charge in [0.1, 0.15) is 0 Å². The first-order chi connectivity index (χ1) is 6.11. The zero-order valence-corrected chi connectivity index (χ0v) is 7.32. The lowest BCUT2D eigenvalue weighted by Crippen LogP contribution is -2.10. The second kappa shape index (κ2) is 2.48. The summed E-state index contributed by atoms with van der Waals surface area (Å²) in [6.45, 7) is 1.72. The number of hydrogen-bond donors (Lipinski definition) is 2. The van der Waals surface area contributed by atoms with Gasteiger partial charge in [0.15, 0.2) is 5.69 Å². The van der Waals surface area contributed by atoms with Gasteiger partial charge in [-0.3, -0.25) is 4.68 Å². The minimum atomic E-state index is -0.995. The lowest BCUT2D eigenvalue weighted by atomic mass is 10.3. The van der Waals surface area contributed by atoms with Crippen molar-refractivity contribution in [2.24, 2.45) is 0 Å². The normalized spacial score (nSPS) is 16.1. The maximum Gasteiger partial charge on any atom is 0.356 e. The van der Waals surface area contributed by atoms with Crippen molar-refractivity contribution in [3.63, 3.8) is 0 Å². The molecule has 0 spiro atoms. The summed E-state index contributed by atoms with van der Waals surface area (Å²) in [5, 5.41) is 13.0. The number of carboxylic acid groups (broad SMARTS) is 1. The van der Waals surface area contributed by atoms with E-state index >= 15 is 0 Å². The summed E-state index contributed by atoms with van der Waals surface area (Å²) in [6.07, 6.45) is 2.00. The van der Waals surface area contributed by atoms with Gasteiger partial charge in [-0.15, -0.1) is 0 Å². The van der Waals surface area contributed by atoms with Gasteiger partial charge in [0.2, 0.25) is 0 Å². The van der Waals surface area contributed by atoms with Gasteiger partial charge < -0.3 is 10.8 Å². The molecule has 1 fully saturated rings. The molecule has 0 aliphatic heterocycles.